The fourth-order valence-corrected chi connectivity index (χ4v) is 2.96. The Morgan fingerprint density at radius 2 is 1.89 bits per heavy atom. The summed E-state index contributed by atoms with van der Waals surface area (Å²) in [6.45, 7) is 4.45. The summed E-state index contributed by atoms with van der Waals surface area (Å²) in [6, 6.07) is 6.77. The number of anilines is 2. The van der Waals surface area contributed by atoms with Crippen molar-refractivity contribution in [3.8, 4) is 5.75 Å². The van der Waals surface area contributed by atoms with E-state index in [1.165, 1.54) is 0 Å². The first-order valence-electron chi connectivity index (χ1n) is 7.97. The topological polar surface area (TPSA) is 118 Å². The van der Waals surface area contributed by atoms with Crippen LogP contribution in [-0.4, -0.2) is 34.5 Å². The molecule has 144 valence electrons. The number of aromatic nitrogens is 1. The van der Waals surface area contributed by atoms with Gasteiger partial charge in [-0.15, -0.1) is 0 Å². The second-order valence-electron chi connectivity index (χ2n) is 5.92. The third kappa shape index (κ3) is 6.22. The molecule has 0 aliphatic carbocycles. The molecule has 0 aliphatic heterocycles. The number of aliphatic carboxylic acids is 1. The third-order valence-electron chi connectivity index (χ3n) is 3.10. The highest BCUT2D eigenvalue weighted by Gasteiger charge is 2.19. The smallest absolute Gasteiger partial charge is 0.315 e. The van der Waals surface area contributed by atoms with Crippen molar-refractivity contribution in [1.82, 2.24) is 4.98 Å². The number of ether oxygens (including phenoxy) is 1. The molecule has 3 N–H and O–H groups in total. The Kier molecular flexibility index (Phi) is 7.14. The Morgan fingerprint density at radius 1 is 1.22 bits per heavy atom. The molecule has 2 aromatic rings. The van der Waals surface area contributed by atoms with Crippen LogP contribution in [0, 0.1) is 5.92 Å². The number of para-hydroxylation sites is 2. The quantitative estimate of drug-likeness (QED) is 0.603. The first-order chi connectivity index (χ1) is 12.8. The van der Waals surface area contributed by atoms with E-state index in [1.807, 2.05) is 13.8 Å². The van der Waals surface area contributed by atoms with Crippen LogP contribution >= 0.6 is 22.9 Å². The molecule has 0 radical (unpaired) electrons. The summed E-state index contributed by atoms with van der Waals surface area (Å²) in [4.78, 5) is 38.9. The number of carboxylic acids is 1. The zero-order valence-electron chi connectivity index (χ0n) is 14.6. The molecule has 2 rings (SSSR count). The number of nitrogens with one attached hydrogen (secondary N) is 2. The second kappa shape index (κ2) is 9.33. The first-order valence-corrected chi connectivity index (χ1v) is 9.17. The molecule has 0 aliphatic rings. The van der Waals surface area contributed by atoms with Gasteiger partial charge in [0.25, 0.3) is 0 Å². The minimum atomic E-state index is -1.10. The van der Waals surface area contributed by atoms with Crippen LogP contribution in [0.5, 0.6) is 5.75 Å². The largest absolute Gasteiger partial charge is 0.491 e. The molecule has 0 saturated carbocycles. The maximum absolute atomic E-state index is 12.1. The van der Waals surface area contributed by atoms with E-state index < -0.39 is 17.8 Å². The maximum Gasteiger partial charge on any atom is 0.315 e. The lowest BCUT2D eigenvalue weighted by molar-refractivity contribution is -0.136. The van der Waals surface area contributed by atoms with Gasteiger partial charge in [0.2, 0.25) is 0 Å². The van der Waals surface area contributed by atoms with Crippen LogP contribution in [-0.2, 0) is 20.8 Å². The summed E-state index contributed by atoms with van der Waals surface area (Å²) in [5.41, 5.74) is 0.486. The number of hydrogen-bond donors (Lipinski definition) is 3. The fraction of sp³-hybridized carbons (Fsp3) is 0.294. The Hall–Kier alpha value is -2.65. The van der Waals surface area contributed by atoms with Gasteiger partial charge in [-0.25, -0.2) is 4.98 Å². The summed E-state index contributed by atoms with van der Waals surface area (Å²) in [5.74, 6) is -2.22. The van der Waals surface area contributed by atoms with Crippen LogP contribution in [0.15, 0.2) is 24.3 Å². The summed E-state index contributed by atoms with van der Waals surface area (Å²) >= 11 is 6.76. The molecular weight excluding hydrogens is 394 g/mol. The van der Waals surface area contributed by atoms with Crippen molar-refractivity contribution < 1.29 is 24.2 Å². The van der Waals surface area contributed by atoms with E-state index in [0.717, 1.165) is 11.3 Å². The Morgan fingerprint density at radius 3 is 2.56 bits per heavy atom. The molecule has 10 heteroatoms. The molecule has 1 aromatic heterocycles. The van der Waals surface area contributed by atoms with Gasteiger partial charge in [0.05, 0.1) is 24.4 Å². The Labute approximate surface area is 164 Å². The molecule has 0 saturated heterocycles. The number of amides is 2. The van der Waals surface area contributed by atoms with Crippen LogP contribution in [0.25, 0.3) is 0 Å². The molecule has 2 amide bonds. The summed E-state index contributed by atoms with van der Waals surface area (Å²) in [5, 5.41) is 13.6. The van der Waals surface area contributed by atoms with Gasteiger partial charge in [-0.1, -0.05) is 48.9 Å². The highest BCUT2D eigenvalue weighted by Crippen LogP contribution is 2.28. The second-order valence-corrected chi connectivity index (χ2v) is 7.52. The van der Waals surface area contributed by atoms with E-state index in [1.54, 1.807) is 24.3 Å². The molecule has 0 spiro atoms. The molecular formula is C17H18ClN3O5S. The first kappa shape index (κ1) is 20.7. The number of carbonyl (C=O) groups excluding carboxylic acids is 2. The van der Waals surface area contributed by atoms with Gasteiger partial charge in [0.15, 0.2) is 5.13 Å². The van der Waals surface area contributed by atoms with Gasteiger partial charge in [-0.3, -0.25) is 19.7 Å². The Bertz CT molecular complexity index is 853. The summed E-state index contributed by atoms with van der Waals surface area (Å²) < 4.78 is 5.76. The van der Waals surface area contributed by atoms with Gasteiger partial charge in [0, 0.05) is 0 Å². The number of rotatable bonds is 7. The molecule has 1 heterocycles. The SMILES string of the molecule is CC(C)COc1ccccc1NC(=O)C(=O)Nc1nc(CC(=O)O)c(Cl)s1. The molecule has 0 unspecified atom stereocenters. The fourth-order valence-electron chi connectivity index (χ4n) is 1.92. The average Bonchev–Trinajstić information content (AvgIpc) is 2.92. The number of carbonyl (C=O) groups is 3. The van der Waals surface area contributed by atoms with Crippen molar-refractivity contribution in [3.05, 3.63) is 34.3 Å². The van der Waals surface area contributed by atoms with Crippen molar-refractivity contribution in [2.75, 3.05) is 17.2 Å². The highest BCUT2D eigenvalue weighted by molar-refractivity contribution is 7.19. The zero-order valence-corrected chi connectivity index (χ0v) is 16.2. The molecule has 27 heavy (non-hydrogen) atoms. The van der Waals surface area contributed by atoms with E-state index in [-0.39, 0.29) is 21.6 Å². The van der Waals surface area contributed by atoms with Crippen molar-refractivity contribution >= 4 is 51.5 Å². The predicted octanol–water partition coefficient (Wildman–Crippen LogP) is 3.04. The van der Waals surface area contributed by atoms with Gasteiger partial charge >= 0.3 is 17.8 Å². The minimum absolute atomic E-state index is 0.0424. The normalized spacial score (nSPS) is 10.5. The van der Waals surface area contributed by atoms with Crippen molar-refractivity contribution in [3.63, 3.8) is 0 Å². The summed E-state index contributed by atoms with van der Waals surface area (Å²) in [6.07, 6.45) is -0.377. The number of halogens is 1. The van der Waals surface area contributed by atoms with Gasteiger partial charge in [-0.2, -0.15) is 0 Å². The van der Waals surface area contributed by atoms with Crippen LogP contribution in [0.3, 0.4) is 0 Å². The highest BCUT2D eigenvalue weighted by atomic mass is 35.5. The van der Waals surface area contributed by atoms with E-state index in [4.69, 9.17) is 21.4 Å². The predicted molar refractivity (Wildman–Crippen MR) is 102 cm³/mol. The molecule has 1 aromatic carbocycles. The van der Waals surface area contributed by atoms with Crippen molar-refractivity contribution in [2.24, 2.45) is 5.92 Å². The molecule has 0 bridgehead atoms. The summed E-state index contributed by atoms with van der Waals surface area (Å²) in [7, 11) is 0. The van der Waals surface area contributed by atoms with Crippen molar-refractivity contribution in [1.29, 1.82) is 0 Å². The standard InChI is InChI=1S/C17H18ClN3O5S/c1-9(2)8-26-12-6-4-3-5-10(12)19-15(24)16(25)21-17-20-11(7-13(22)23)14(18)27-17/h3-6,9H,7-8H2,1-2H3,(H,19,24)(H,22,23)(H,20,21,25). The Balaban J connectivity index is 2.02. The van der Waals surface area contributed by atoms with Gasteiger partial charge in [0.1, 0.15) is 10.1 Å². The average molecular weight is 412 g/mol. The lowest BCUT2D eigenvalue weighted by Gasteiger charge is -2.13. The van der Waals surface area contributed by atoms with E-state index in [9.17, 15) is 14.4 Å². The van der Waals surface area contributed by atoms with Crippen LogP contribution < -0.4 is 15.4 Å². The number of benzene rings is 1. The monoisotopic (exact) mass is 411 g/mol. The van der Waals surface area contributed by atoms with Crippen LogP contribution in [0.4, 0.5) is 10.8 Å². The minimum Gasteiger partial charge on any atom is -0.491 e. The maximum atomic E-state index is 12.1. The number of hydrogen-bond acceptors (Lipinski definition) is 6. The molecule has 8 nitrogen and oxygen atoms in total. The number of carboxylic acid groups (broad SMARTS) is 1. The van der Waals surface area contributed by atoms with E-state index in [0.29, 0.717) is 24.0 Å². The van der Waals surface area contributed by atoms with Crippen molar-refractivity contribution in [2.45, 2.75) is 20.3 Å². The van der Waals surface area contributed by atoms with Crippen LogP contribution in [0.2, 0.25) is 4.34 Å². The molecule has 0 fully saturated rings. The third-order valence-corrected chi connectivity index (χ3v) is 4.35. The lowest BCUT2D eigenvalue weighted by atomic mass is 10.2. The zero-order chi connectivity index (χ0) is 20.0. The number of thiazole rings is 1. The molecule has 0 atom stereocenters. The van der Waals surface area contributed by atoms with Gasteiger partial charge in [-0.05, 0) is 18.1 Å². The van der Waals surface area contributed by atoms with Gasteiger partial charge < -0.3 is 15.2 Å². The van der Waals surface area contributed by atoms with E-state index in [2.05, 4.69) is 15.6 Å². The van der Waals surface area contributed by atoms with E-state index >= 15 is 0 Å². The lowest BCUT2D eigenvalue weighted by Crippen LogP contribution is -2.29. The van der Waals surface area contributed by atoms with Crippen LogP contribution in [0.1, 0.15) is 19.5 Å². The number of nitrogens with zero attached hydrogens (tertiary/aromatic N) is 1.